The normalized spacial score (nSPS) is 17.5. The number of ether oxygens (including phenoxy) is 1. The van der Waals surface area contributed by atoms with Gasteiger partial charge in [0.05, 0.1) is 39.7 Å². The molecule has 1 saturated heterocycles. The van der Waals surface area contributed by atoms with Gasteiger partial charge in [0.2, 0.25) is 15.9 Å². The average Bonchev–Trinajstić information content (AvgIpc) is 3.19. The van der Waals surface area contributed by atoms with Crippen molar-refractivity contribution in [2.24, 2.45) is 5.41 Å². The number of sulfonamides is 1. The molecule has 0 saturated carbocycles. The molecule has 3 heterocycles. The SMILES string of the molecule is Cc1ccc(S(=O)(=O)N2CC3(COc4c(S(=O)(=O)Oc5c(Cl)cc(Cl)cc5Cl)cnn4C3)C2)cc1. The molecular weight excluding hydrogens is 561 g/mol. The van der Waals surface area contributed by atoms with Crippen LogP contribution in [0.5, 0.6) is 11.6 Å². The highest BCUT2D eigenvalue weighted by Crippen LogP contribution is 2.43. The number of aryl methyl sites for hydroxylation is 1. The summed E-state index contributed by atoms with van der Waals surface area (Å²) in [5.41, 5.74) is 0.438. The van der Waals surface area contributed by atoms with E-state index in [-0.39, 0.29) is 62.7 Å². The van der Waals surface area contributed by atoms with E-state index >= 15 is 0 Å². The van der Waals surface area contributed by atoms with Gasteiger partial charge in [-0.1, -0.05) is 52.5 Å². The van der Waals surface area contributed by atoms with Crippen LogP contribution in [-0.4, -0.2) is 50.6 Å². The number of benzene rings is 2. The van der Waals surface area contributed by atoms with Gasteiger partial charge in [0.15, 0.2) is 10.6 Å². The number of aromatic nitrogens is 2. The number of nitrogens with zero attached hydrogens (tertiary/aromatic N) is 3. The molecule has 0 amide bonds. The molecule has 0 radical (unpaired) electrons. The van der Waals surface area contributed by atoms with Crippen molar-refractivity contribution in [3.05, 3.63) is 63.2 Å². The van der Waals surface area contributed by atoms with E-state index in [1.54, 1.807) is 24.3 Å². The second kappa shape index (κ2) is 8.53. The van der Waals surface area contributed by atoms with E-state index in [1.165, 1.54) is 21.1 Å². The molecule has 2 aliphatic heterocycles. The highest BCUT2D eigenvalue weighted by atomic mass is 35.5. The third-order valence-electron chi connectivity index (χ3n) is 5.87. The van der Waals surface area contributed by atoms with Gasteiger partial charge in [-0.25, -0.2) is 13.1 Å². The minimum absolute atomic E-state index is 0.00308. The van der Waals surface area contributed by atoms with Crippen molar-refractivity contribution in [1.29, 1.82) is 0 Å². The second-order valence-electron chi connectivity index (χ2n) is 8.58. The van der Waals surface area contributed by atoms with Crippen LogP contribution in [0.3, 0.4) is 0 Å². The van der Waals surface area contributed by atoms with Crippen molar-refractivity contribution >= 4 is 54.9 Å². The Balaban J connectivity index is 1.34. The van der Waals surface area contributed by atoms with Gasteiger partial charge < -0.3 is 8.92 Å². The fraction of sp³-hybridized carbons (Fsp3) is 0.286. The molecule has 5 rings (SSSR count). The second-order valence-corrected chi connectivity index (χ2v) is 13.3. The van der Waals surface area contributed by atoms with Crippen LogP contribution in [0.15, 0.2) is 52.4 Å². The Labute approximate surface area is 217 Å². The first-order chi connectivity index (χ1) is 16.4. The van der Waals surface area contributed by atoms with E-state index in [0.717, 1.165) is 11.8 Å². The Bertz CT molecular complexity index is 1510. The fourth-order valence-corrected chi connectivity index (χ4v) is 7.75. The van der Waals surface area contributed by atoms with Crippen molar-refractivity contribution in [2.75, 3.05) is 19.7 Å². The number of halogens is 3. The molecule has 2 aromatic carbocycles. The maximum absolute atomic E-state index is 12.9. The van der Waals surface area contributed by atoms with Gasteiger partial charge in [0.25, 0.3) is 0 Å². The molecule has 14 heteroatoms. The molecule has 0 atom stereocenters. The van der Waals surface area contributed by atoms with Gasteiger partial charge in [-0.05, 0) is 31.2 Å². The highest BCUT2D eigenvalue weighted by Gasteiger charge is 2.52. The Morgan fingerprint density at radius 3 is 2.26 bits per heavy atom. The molecule has 35 heavy (non-hydrogen) atoms. The molecule has 1 aromatic heterocycles. The lowest BCUT2D eigenvalue weighted by atomic mass is 9.82. The van der Waals surface area contributed by atoms with Gasteiger partial charge in [-0.15, -0.1) is 0 Å². The van der Waals surface area contributed by atoms with Crippen molar-refractivity contribution in [2.45, 2.75) is 23.3 Å². The van der Waals surface area contributed by atoms with Gasteiger partial charge in [-0.3, -0.25) is 0 Å². The van der Waals surface area contributed by atoms with E-state index in [2.05, 4.69) is 5.10 Å². The van der Waals surface area contributed by atoms with Crippen LogP contribution >= 0.6 is 34.8 Å². The number of hydrogen-bond donors (Lipinski definition) is 0. The van der Waals surface area contributed by atoms with Crippen LogP contribution < -0.4 is 8.92 Å². The summed E-state index contributed by atoms with van der Waals surface area (Å²) in [7, 11) is -8.03. The summed E-state index contributed by atoms with van der Waals surface area (Å²) in [4.78, 5) is -0.0719. The molecule has 3 aromatic rings. The average molecular weight is 579 g/mol. The van der Waals surface area contributed by atoms with E-state index in [4.69, 9.17) is 43.7 Å². The lowest BCUT2D eigenvalue weighted by Crippen LogP contribution is -2.63. The van der Waals surface area contributed by atoms with Crippen LogP contribution in [0.1, 0.15) is 5.56 Å². The number of hydrogen-bond acceptors (Lipinski definition) is 7. The minimum Gasteiger partial charge on any atom is -0.476 e. The first-order valence-corrected chi connectivity index (χ1v) is 14.2. The Morgan fingerprint density at radius 1 is 1.00 bits per heavy atom. The molecule has 9 nitrogen and oxygen atoms in total. The maximum atomic E-state index is 12.9. The predicted octanol–water partition coefficient (Wildman–Crippen LogP) is 4.00. The van der Waals surface area contributed by atoms with Gasteiger partial charge in [0.1, 0.15) is 0 Å². The monoisotopic (exact) mass is 577 g/mol. The van der Waals surface area contributed by atoms with Gasteiger partial charge >= 0.3 is 10.1 Å². The topological polar surface area (TPSA) is 108 Å². The summed E-state index contributed by atoms with van der Waals surface area (Å²) in [5.74, 6) is -0.266. The standard InChI is InChI=1S/C21H18Cl3N3O6S2/c1-13-2-4-15(5-3-13)34(28,29)26-9-21(10-26)11-27-20(32-12-21)18(8-25-27)35(30,31)33-19-16(23)6-14(22)7-17(19)24/h2-8H,9-12H2,1H3. The largest absolute Gasteiger partial charge is 0.476 e. The zero-order chi connectivity index (χ0) is 25.2. The Hall–Kier alpha value is -2.02. The summed E-state index contributed by atoms with van der Waals surface area (Å²) < 4.78 is 65.4. The first-order valence-electron chi connectivity index (χ1n) is 10.2. The lowest BCUT2D eigenvalue weighted by molar-refractivity contribution is -0.0275. The first kappa shape index (κ1) is 24.7. The molecule has 0 bridgehead atoms. The molecular formula is C21H18Cl3N3O6S2. The van der Waals surface area contributed by atoms with E-state index in [9.17, 15) is 16.8 Å². The zero-order valence-corrected chi connectivity index (χ0v) is 22.0. The number of fused-ring (bicyclic) bond motifs is 1. The summed E-state index contributed by atoms with van der Waals surface area (Å²) >= 11 is 18.0. The Morgan fingerprint density at radius 2 is 1.63 bits per heavy atom. The smallest absolute Gasteiger partial charge is 0.346 e. The third-order valence-corrected chi connectivity index (χ3v) is 9.66. The summed E-state index contributed by atoms with van der Waals surface area (Å²) in [6, 6.07) is 9.26. The van der Waals surface area contributed by atoms with E-state index in [0.29, 0.717) is 0 Å². The molecule has 0 N–H and O–H groups in total. The lowest BCUT2D eigenvalue weighted by Gasteiger charge is -2.50. The molecule has 0 aliphatic carbocycles. The van der Waals surface area contributed by atoms with Crippen molar-refractivity contribution in [1.82, 2.24) is 14.1 Å². The highest BCUT2D eigenvalue weighted by molar-refractivity contribution is 7.89. The van der Waals surface area contributed by atoms with Gasteiger partial charge in [-0.2, -0.15) is 17.8 Å². The molecule has 1 spiro atoms. The molecule has 186 valence electrons. The quantitative estimate of drug-likeness (QED) is 0.421. The van der Waals surface area contributed by atoms with Crippen LogP contribution in [0.25, 0.3) is 0 Å². The van der Waals surface area contributed by atoms with E-state index < -0.39 is 25.6 Å². The predicted molar refractivity (Wildman–Crippen MR) is 129 cm³/mol. The van der Waals surface area contributed by atoms with Crippen molar-refractivity contribution in [3.8, 4) is 11.6 Å². The summed E-state index contributed by atoms with van der Waals surface area (Å²) in [5, 5.41) is 4.21. The zero-order valence-electron chi connectivity index (χ0n) is 18.1. The van der Waals surface area contributed by atoms with Crippen LogP contribution in [0, 0.1) is 12.3 Å². The van der Waals surface area contributed by atoms with Crippen molar-refractivity contribution < 1.29 is 25.8 Å². The van der Waals surface area contributed by atoms with Crippen LogP contribution in [-0.2, 0) is 26.7 Å². The van der Waals surface area contributed by atoms with Gasteiger partial charge in [0, 0.05) is 18.1 Å². The summed E-state index contributed by atoms with van der Waals surface area (Å²) in [6.45, 7) is 2.71. The molecule has 1 fully saturated rings. The molecule has 2 aliphatic rings. The molecule has 0 unspecified atom stereocenters. The number of rotatable bonds is 5. The van der Waals surface area contributed by atoms with Crippen molar-refractivity contribution in [3.63, 3.8) is 0 Å². The van der Waals surface area contributed by atoms with Crippen LogP contribution in [0.2, 0.25) is 15.1 Å². The minimum atomic E-state index is -4.40. The Kier molecular flexibility index (Phi) is 6.01. The maximum Gasteiger partial charge on any atom is 0.346 e. The third kappa shape index (κ3) is 4.38. The summed E-state index contributed by atoms with van der Waals surface area (Å²) in [6.07, 6.45) is 1.11. The fourth-order valence-electron chi connectivity index (χ4n) is 4.06. The van der Waals surface area contributed by atoms with Crippen LogP contribution in [0.4, 0.5) is 0 Å². The van der Waals surface area contributed by atoms with E-state index in [1.807, 2.05) is 6.92 Å².